The van der Waals surface area contributed by atoms with Crippen molar-refractivity contribution in [2.75, 3.05) is 0 Å². The van der Waals surface area contributed by atoms with Crippen LogP contribution in [0.5, 0.6) is 23.0 Å². The molecule has 1 aliphatic rings. The molecule has 4 aromatic carbocycles. The van der Waals surface area contributed by atoms with Gasteiger partial charge in [0.25, 0.3) is 0 Å². The van der Waals surface area contributed by atoms with Gasteiger partial charge in [0.15, 0.2) is 0 Å². The van der Waals surface area contributed by atoms with Gasteiger partial charge in [-0.3, -0.25) is 0 Å². The van der Waals surface area contributed by atoms with Crippen LogP contribution in [0, 0.1) is 0 Å². The van der Waals surface area contributed by atoms with Gasteiger partial charge in [-0.1, -0.05) is 62.4 Å². The van der Waals surface area contributed by atoms with E-state index in [0.717, 1.165) is 44.2 Å². The Bertz CT molecular complexity index is 1110. The number of benzene rings is 4. The lowest BCUT2D eigenvalue weighted by Crippen LogP contribution is -2.24. The van der Waals surface area contributed by atoms with Gasteiger partial charge in [-0.15, -0.1) is 0 Å². The Morgan fingerprint density at radius 3 is 1.46 bits per heavy atom. The maximum absolute atomic E-state index is 10.5. The number of hydrogen-bond donors (Lipinski definition) is 2. The number of ether oxygens (including phenoxy) is 1. The monoisotopic (exact) mass is 342 g/mol. The molecule has 0 spiro atoms. The van der Waals surface area contributed by atoms with Crippen molar-refractivity contribution in [1.82, 2.24) is 0 Å². The summed E-state index contributed by atoms with van der Waals surface area (Å²) in [6.45, 7) is 4.19. The molecule has 2 N–H and O–H groups in total. The molecule has 128 valence electrons. The lowest BCUT2D eigenvalue weighted by Gasteiger charge is -2.36. The first kappa shape index (κ1) is 15.1. The zero-order valence-electron chi connectivity index (χ0n) is 14.6. The molecule has 26 heavy (non-hydrogen) atoms. The Labute approximate surface area is 151 Å². The van der Waals surface area contributed by atoms with Crippen LogP contribution in [0.3, 0.4) is 0 Å². The van der Waals surface area contributed by atoms with Crippen molar-refractivity contribution in [2.24, 2.45) is 0 Å². The van der Waals surface area contributed by atoms with Crippen molar-refractivity contribution >= 4 is 21.5 Å². The number of hydrogen-bond acceptors (Lipinski definition) is 3. The SMILES string of the molecule is CC1(C)c2cc(O)c3ccccc3c2Oc2c1cc(O)c1ccccc21. The molecular weight excluding hydrogens is 324 g/mol. The fraction of sp³-hybridized carbons (Fsp3) is 0.130. The average Bonchev–Trinajstić information content (AvgIpc) is 2.64. The topological polar surface area (TPSA) is 49.7 Å². The average molecular weight is 342 g/mol. The lowest BCUT2D eigenvalue weighted by molar-refractivity contribution is 0.418. The maximum atomic E-state index is 10.5. The van der Waals surface area contributed by atoms with Gasteiger partial charge in [-0.25, -0.2) is 0 Å². The van der Waals surface area contributed by atoms with Crippen LogP contribution in [0.4, 0.5) is 0 Å². The highest BCUT2D eigenvalue weighted by molar-refractivity contribution is 5.99. The third-order valence-corrected chi connectivity index (χ3v) is 5.50. The fourth-order valence-corrected chi connectivity index (χ4v) is 4.05. The number of phenolic OH excluding ortho intramolecular Hbond substituents is 2. The summed E-state index contributed by atoms with van der Waals surface area (Å²) < 4.78 is 6.43. The molecule has 0 unspecified atom stereocenters. The molecular formula is C23H18O3. The number of aromatic hydroxyl groups is 2. The van der Waals surface area contributed by atoms with Gasteiger partial charge in [0.1, 0.15) is 23.0 Å². The second-order valence-corrected chi connectivity index (χ2v) is 7.36. The summed E-state index contributed by atoms with van der Waals surface area (Å²) in [6, 6.07) is 19.0. The molecule has 1 heterocycles. The van der Waals surface area contributed by atoms with Gasteiger partial charge < -0.3 is 14.9 Å². The highest BCUT2D eigenvalue weighted by Crippen LogP contribution is 2.55. The van der Waals surface area contributed by atoms with Crippen LogP contribution in [-0.4, -0.2) is 10.2 Å². The highest BCUT2D eigenvalue weighted by Gasteiger charge is 2.37. The van der Waals surface area contributed by atoms with E-state index in [9.17, 15) is 10.2 Å². The van der Waals surface area contributed by atoms with E-state index >= 15 is 0 Å². The Morgan fingerprint density at radius 1 is 0.654 bits per heavy atom. The third-order valence-electron chi connectivity index (χ3n) is 5.50. The van der Waals surface area contributed by atoms with Crippen LogP contribution >= 0.6 is 0 Å². The van der Waals surface area contributed by atoms with Crippen molar-refractivity contribution in [2.45, 2.75) is 19.3 Å². The molecule has 1 aliphatic heterocycles. The quantitative estimate of drug-likeness (QED) is 0.422. The molecule has 0 radical (unpaired) electrons. The van der Waals surface area contributed by atoms with E-state index < -0.39 is 5.41 Å². The molecule has 3 heteroatoms. The lowest BCUT2D eigenvalue weighted by atomic mass is 9.74. The molecule has 0 atom stereocenters. The second-order valence-electron chi connectivity index (χ2n) is 7.36. The van der Waals surface area contributed by atoms with Crippen molar-refractivity contribution in [3.8, 4) is 23.0 Å². The van der Waals surface area contributed by atoms with E-state index in [1.165, 1.54) is 0 Å². The predicted molar refractivity (Wildman–Crippen MR) is 103 cm³/mol. The highest BCUT2D eigenvalue weighted by atomic mass is 16.5. The van der Waals surface area contributed by atoms with Crippen LogP contribution in [0.15, 0.2) is 60.7 Å². The first-order valence-electron chi connectivity index (χ1n) is 8.66. The molecule has 0 bridgehead atoms. The van der Waals surface area contributed by atoms with Crippen LogP contribution < -0.4 is 4.74 Å². The second kappa shape index (κ2) is 4.92. The van der Waals surface area contributed by atoms with Crippen molar-refractivity contribution in [3.05, 3.63) is 71.8 Å². The zero-order valence-corrected chi connectivity index (χ0v) is 14.6. The van der Waals surface area contributed by atoms with Crippen molar-refractivity contribution < 1.29 is 14.9 Å². The molecule has 0 fully saturated rings. The van der Waals surface area contributed by atoms with Crippen LogP contribution in [0.2, 0.25) is 0 Å². The van der Waals surface area contributed by atoms with Gasteiger partial charge in [0.05, 0.1) is 0 Å². The van der Waals surface area contributed by atoms with Crippen LogP contribution in [0.25, 0.3) is 21.5 Å². The molecule has 3 nitrogen and oxygen atoms in total. The molecule has 4 aromatic rings. The van der Waals surface area contributed by atoms with Crippen molar-refractivity contribution in [3.63, 3.8) is 0 Å². The Morgan fingerprint density at radius 2 is 1.04 bits per heavy atom. The molecule has 0 amide bonds. The summed E-state index contributed by atoms with van der Waals surface area (Å²) in [5.74, 6) is 2.02. The summed E-state index contributed by atoms with van der Waals surface area (Å²) in [5, 5.41) is 24.4. The molecule has 0 aromatic heterocycles. The first-order chi connectivity index (χ1) is 12.5. The summed E-state index contributed by atoms with van der Waals surface area (Å²) >= 11 is 0. The molecule has 0 aliphatic carbocycles. The Kier molecular flexibility index (Phi) is 2.85. The largest absolute Gasteiger partial charge is 0.507 e. The van der Waals surface area contributed by atoms with E-state index in [1.807, 2.05) is 48.5 Å². The standard InChI is InChI=1S/C23H18O3/c1-23(2)17-11-19(24)13-7-3-5-9-15(13)21(17)26-22-16-10-6-4-8-14(16)20(25)12-18(22)23/h3-12,24-25H,1-2H3. The normalized spacial score (nSPS) is 14.7. The fourth-order valence-electron chi connectivity index (χ4n) is 4.05. The summed E-state index contributed by atoms with van der Waals surface area (Å²) in [5.41, 5.74) is 1.40. The van der Waals surface area contributed by atoms with E-state index in [2.05, 4.69) is 13.8 Å². The molecule has 0 saturated heterocycles. The predicted octanol–water partition coefficient (Wildman–Crippen LogP) is 5.84. The Balaban J connectivity index is 1.92. The number of rotatable bonds is 0. The van der Waals surface area contributed by atoms with Gasteiger partial charge in [-0.2, -0.15) is 0 Å². The smallest absolute Gasteiger partial charge is 0.139 e. The van der Waals surface area contributed by atoms with Crippen molar-refractivity contribution in [1.29, 1.82) is 0 Å². The van der Waals surface area contributed by atoms with E-state index in [1.54, 1.807) is 12.1 Å². The summed E-state index contributed by atoms with van der Waals surface area (Å²) in [6.07, 6.45) is 0. The van der Waals surface area contributed by atoms with Gasteiger partial charge >= 0.3 is 0 Å². The van der Waals surface area contributed by atoms with Gasteiger partial charge in [0.2, 0.25) is 0 Å². The minimum Gasteiger partial charge on any atom is -0.507 e. The number of phenols is 2. The summed E-state index contributed by atoms with van der Waals surface area (Å²) in [4.78, 5) is 0. The molecule has 5 rings (SSSR count). The minimum absolute atomic E-state index is 0.240. The summed E-state index contributed by atoms with van der Waals surface area (Å²) in [7, 11) is 0. The third kappa shape index (κ3) is 1.83. The maximum Gasteiger partial charge on any atom is 0.139 e. The van der Waals surface area contributed by atoms with E-state index in [-0.39, 0.29) is 11.5 Å². The zero-order chi connectivity index (χ0) is 18.1. The van der Waals surface area contributed by atoms with Crippen LogP contribution in [-0.2, 0) is 5.41 Å². The van der Waals surface area contributed by atoms with E-state index in [0.29, 0.717) is 0 Å². The Hall–Kier alpha value is -3.20. The first-order valence-corrected chi connectivity index (χ1v) is 8.66. The van der Waals surface area contributed by atoms with Gasteiger partial charge in [0, 0.05) is 38.1 Å². The van der Waals surface area contributed by atoms with E-state index in [4.69, 9.17) is 4.74 Å². The minimum atomic E-state index is -0.425. The molecule has 0 saturated carbocycles. The number of fused-ring (bicyclic) bond motifs is 6. The van der Waals surface area contributed by atoms with Gasteiger partial charge in [-0.05, 0) is 12.1 Å². The van der Waals surface area contributed by atoms with Crippen LogP contribution in [0.1, 0.15) is 25.0 Å².